The first-order valence-electron chi connectivity index (χ1n) is 10.2. The number of anilines is 1. The molecule has 2 fully saturated rings. The van der Waals surface area contributed by atoms with E-state index in [1.54, 1.807) is 12.1 Å². The average molecular weight is 391 g/mol. The van der Waals surface area contributed by atoms with Crippen molar-refractivity contribution in [2.45, 2.75) is 20.3 Å². The van der Waals surface area contributed by atoms with Crippen LogP contribution in [0.3, 0.4) is 0 Å². The summed E-state index contributed by atoms with van der Waals surface area (Å²) < 4.78 is 12.9. The number of piperazine rings is 1. The van der Waals surface area contributed by atoms with Crippen LogP contribution in [0.2, 0.25) is 0 Å². The standard InChI is InChI=1S/C21H31FN4O2/c1-16-11-17(2)13-26(12-16)21(28)15-25-9-7-24(8-10-25)14-20(27)23-19-5-3-18(22)4-6-19/h3-6,16-17H,7-15H2,1-2H3,(H,23,27). The van der Waals surface area contributed by atoms with Gasteiger partial charge < -0.3 is 10.2 Å². The molecule has 1 aromatic carbocycles. The van der Waals surface area contributed by atoms with Gasteiger partial charge >= 0.3 is 0 Å². The molecule has 2 heterocycles. The topological polar surface area (TPSA) is 55.9 Å². The fraction of sp³-hybridized carbons (Fsp3) is 0.619. The van der Waals surface area contributed by atoms with Gasteiger partial charge in [-0.1, -0.05) is 13.8 Å². The minimum atomic E-state index is -0.322. The summed E-state index contributed by atoms with van der Waals surface area (Å²) >= 11 is 0. The van der Waals surface area contributed by atoms with Crippen LogP contribution < -0.4 is 5.32 Å². The Kier molecular flexibility index (Phi) is 7.02. The lowest BCUT2D eigenvalue weighted by atomic mass is 9.92. The highest BCUT2D eigenvalue weighted by Gasteiger charge is 2.27. The summed E-state index contributed by atoms with van der Waals surface area (Å²) in [6.07, 6.45) is 1.20. The smallest absolute Gasteiger partial charge is 0.238 e. The molecule has 2 aliphatic rings. The van der Waals surface area contributed by atoms with E-state index >= 15 is 0 Å². The van der Waals surface area contributed by atoms with Gasteiger partial charge in [-0.15, -0.1) is 0 Å². The maximum Gasteiger partial charge on any atom is 0.238 e. The molecule has 2 aliphatic heterocycles. The van der Waals surface area contributed by atoms with Gasteiger partial charge in [0.25, 0.3) is 0 Å². The molecule has 0 aromatic heterocycles. The molecule has 0 radical (unpaired) electrons. The van der Waals surface area contributed by atoms with E-state index in [1.165, 1.54) is 18.6 Å². The summed E-state index contributed by atoms with van der Waals surface area (Å²) in [6.45, 7) is 10.0. The van der Waals surface area contributed by atoms with Gasteiger partial charge in [-0.3, -0.25) is 19.4 Å². The van der Waals surface area contributed by atoms with Gasteiger partial charge in [0.1, 0.15) is 5.82 Å². The molecule has 3 rings (SSSR count). The van der Waals surface area contributed by atoms with Gasteiger partial charge in [-0.2, -0.15) is 0 Å². The van der Waals surface area contributed by atoms with E-state index in [-0.39, 0.29) is 17.6 Å². The van der Waals surface area contributed by atoms with E-state index in [1.807, 2.05) is 4.90 Å². The van der Waals surface area contributed by atoms with Gasteiger partial charge in [0.2, 0.25) is 11.8 Å². The predicted octanol–water partition coefficient (Wildman–Crippen LogP) is 1.89. The first kappa shape index (κ1) is 20.7. The van der Waals surface area contributed by atoms with Crippen LogP contribution in [0.4, 0.5) is 10.1 Å². The zero-order chi connectivity index (χ0) is 20.1. The summed E-state index contributed by atoms with van der Waals surface area (Å²) in [6, 6.07) is 5.77. The molecule has 2 saturated heterocycles. The van der Waals surface area contributed by atoms with Crippen LogP contribution in [-0.4, -0.2) is 78.9 Å². The lowest BCUT2D eigenvalue weighted by molar-refractivity contribution is -0.135. The fourth-order valence-electron chi connectivity index (χ4n) is 4.20. The maximum atomic E-state index is 12.9. The summed E-state index contributed by atoms with van der Waals surface area (Å²) in [5, 5.41) is 2.79. The van der Waals surface area contributed by atoms with E-state index in [2.05, 4.69) is 29.0 Å². The molecule has 6 nitrogen and oxygen atoms in total. The van der Waals surface area contributed by atoms with Crippen LogP contribution in [0.15, 0.2) is 24.3 Å². The number of carbonyl (C=O) groups is 2. The normalized spacial score (nSPS) is 24.2. The minimum absolute atomic E-state index is 0.104. The lowest BCUT2D eigenvalue weighted by Gasteiger charge is -2.38. The molecule has 2 atom stereocenters. The van der Waals surface area contributed by atoms with E-state index < -0.39 is 0 Å². The van der Waals surface area contributed by atoms with Gasteiger partial charge in [0.15, 0.2) is 0 Å². The monoisotopic (exact) mass is 390 g/mol. The van der Waals surface area contributed by atoms with Crippen molar-refractivity contribution in [2.24, 2.45) is 11.8 Å². The molecule has 0 saturated carbocycles. The minimum Gasteiger partial charge on any atom is -0.341 e. The Morgan fingerprint density at radius 1 is 0.964 bits per heavy atom. The second kappa shape index (κ2) is 9.47. The molecule has 7 heteroatoms. The number of hydrogen-bond acceptors (Lipinski definition) is 4. The van der Waals surface area contributed by atoms with Crippen LogP contribution in [0, 0.1) is 17.7 Å². The quantitative estimate of drug-likeness (QED) is 0.834. The molecule has 1 N–H and O–H groups in total. The number of benzene rings is 1. The first-order chi connectivity index (χ1) is 13.4. The summed E-state index contributed by atoms with van der Waals surface area (Å²) in [5.74, 6) is 0.943. The highest BCUT2D eigenvalue weighted by atomic mass is 19.1. The number of likely N-dealkylation sites (tertiary alicyclic amines) is 1. The predicted molar refractivity (Wildman–Crippen MR) is 107 cm³/mol. The molecule has 154 valence electrons. The highest BCUT2D eigenvalue weighted by molar-refractivity contribution is 5.92. The molecular formula is C21H31FN4O2. The van der Waals surface area contributed by atoms with E-state index in [0.717, 1.165) is 39.3 Å². The van der Waals surface area contributed by atoms with E-state index in [0.29, 0.717) is 30.6 Å². The van der Waals surface area contributed by atoms with E-state index in [4.69, 9.17) is 0 Å². The second-order valence-corrected chi connectivity index (χ2v) is 8.35. The first-order valence-corrected chi connectivity index (χ1v) is 10.2. The third kappa shape index (κ3) is 6.01. The largest absolute Gasteiger partial charge is 0.341 e. The van der Waals surface area contributed by atoms with Crippen molar-refractivity contribution in [3.05, 3.63) is 30.1 Å². The number of hydrogen-bond donors (Lipinski definition) is 1. The number of carbonyl (C=O) groups excluding carboxylic acids is 2. The van der Waals surface area contributed by atoms with Crippen LogP contribution >= 0.6 is 0 Å². The van der Waals surface area contributed by atoms with Crippen LogP contribution in [0.1, 0.15) is 20.3 Å². The third-order valence-electron chi connectivity index (χ3n) is 5.54. The molecule has 0 spiro atoms. The molecule has 28 heavy (non-hydrogen) atoms. The van der Waals surface area contributed by atoms with Crippen LogP contribution in [0.25, 0.3) is 0 Å². The Morgan fingerprint density at radius 3 is 2.07 bits per heavy atom. The Morgan fingerprint density at radius 2 is 1.50 bits per heavy atom. The Labute approximate surface area is 166 Å². The maximum absolute atomic E-state index is 12.9. The SMILES string of the molecule is CC1CC(C)CN(C(=O)CN2CCN(CC(=O)Nc3ccc(F)cc3)CC2)C1. The van der Waals surface area contributed by atoms with Crippen LogP contribution in [-0.2, 0) is 9.59 Å². The highest BCUT2D eigenvalue weighted by Crippen LogP contribution is 2.21. The van der Waals surface area contributed by atoms with Crippen molar-refractivity contribution in [1.29, 1.82) is 0 Å². The molecule has 0 bridgehead atoms. The van der Waals surface area contributed by atoms with Crippen molar-refractivity contribution in [3.8, 4) is 0 Å². The molecule has 2 amide bonds. The summed E-state index contributed by atoms with van der Waals surface area (Å²) in [4.78, 5) is 31.1. The number of halogens is 1. The van der Waals surface area contributed by atoms with Crippen molar-refractivity contribution in [3.63, 3.8) is 0 Å². The number of rotatable bonds is 5. The number of nitrogens with zero attached hydrogens (tertiary/aromatic N) is 3. The second-order valence-electron chi connectivity index (χ2n) is 8.35. The summed E-state index contributed by atoms with van der Waals surface area (Å²) in [5.41, 5.74) is 0.598. The van der Waals surface area contributed by atoms with Crippen LogP contribution in [0.5, 0.6) is 0 Å². The van der Waals surface area contributed by atoms with E-state index in [9.17, 15) is 14.0 Å². The van der Waals surface area contributed by atoms with Crippen molar-refractivity contribution < 1.29 is 14.0 Å². The molecule has 2 unspecified atom stereocenters. The molecule has 0 aliphatic carbocycles. The number of amides is 2. The number of nitrogens with one attached hydrogen (secondary N) is 1. The fourth-order valence-corrected chi connectivity index (χ4v) is 4.20. The zero-order valence-electron chi connectivity index (χ0n) is 16.9. The number of piperidine rings is 1. The van der Waals surface area contributed by atoms with Crippen molar-refractivity contribution >= 4 is 17.5 Å². The van der Waals surface area contributed by atoms with Crippen molar-refractivity contribution in [1.82, 2.24) is 14.7 Å². The van der Waals surface area contributed by atoms with Gasteiger partial charge in [0, 0.05) is 45.0 Å². The Bertz CT molecular complexity index is 663. The van der Waals surface area contributed by atoms with Gasteiger partial charge in [0.05, 0.1) is 13.1 Å². The third-order valence-corrected chi connectivity index (χ3v) is 5.54. The molecular weight excluding hydrogens is 359 g/mol. The average Bonchev–Trinajstić information content (AvgIpc) is 2.64. The Balaban J connectivity index is 1.38. The Hall–Kier alpha value is -1.99. The zero-order valence-corrected chi connectivity index (χ0v) is 16.9. The van der Waals surface area contributed by atoms with Gasteiger partial charge in [-0.25, -0.2) is 4.39 Å². The van der Waals surface area contributed by atoms with Crippen molar-refractivity contribution in [2.75, 3.05) is 57.7 Å². The lowest BCUT2D eigenvalue weighted by Crippen LogP contribution is -2.52. The molecule has 1 aromatic rings. The summed E-state index contributed by atoms with van der Waals surface area (Å²) in [7, 11) is 0. The van der Waals surface area contributed by atoms with Gasteiger partial charge in [-0.05, 0) is 42.5 Å².